The smallest absolute Gasteiger partial charge is 0.0705 e. The number of benzene rings is 1. The third-order valence-corrected chi connectivity index (χ3v) is 3.68. The maximum Gasteiger partial charge on any atom is 0.0705 e. The molecule has 2 nitrogen and oxygen atoms in total. The van der Waals surface area contributed by atoms with Gasteiger partial charge in [-0.05, 0) is 26.0 Å². The number of nitrogens with zero attached hydrogens (tertiary/aromatic N) is 2. The van der Waals surface area contributed by atoms with E-state index in [1.807, 2.05) is 0 Å². The fourth-order valence-corrected chi connectivity index (χ4v) is 2.43. The van der Waals surface area contributed by atoms with Crippen LogP contribution in [0.25, 0.3) is 10.9 Å². The Kier molecular flexibility index (Phi) is 2.60. The van der Waals surface area contributed by atoms with Gasteiger partial charge in [-0.1, -0.05) is 24.3 Å². The van der Waals surface area contributed by atoms with E-state index in [4.69, 9.17) is 4.98 Å². The topological polar surface area (TPSA) is 16.1 Å². The summed E-state index contributed by atoms with van der Waals surface area (Å²) in [6, 6.07) is 13.4. The molecule has 2 heteroatoms. The van der Waals surface area contributed by atoms with Crippen molar-refractivity contribution >= 4 is 10.9 Å². The Hall–Kier alpha value is -1.41. The summed E-state index contributed by atoms with van der Waals surface area (Å²) < 4.78 is 0. The number of hydrogen-bond donors (Lipinski definition) is 0. The Bertz CT molecular complexity index is 527. The molecule has 1 aliphatic rings. The Morgan fingerprint density at radius 1 is 1.12 bits per heavy atom. The van der Waals surface area contributed by atoms with Crippen molar-refractivity contribution in [2.75, 3.05) is 13.1 Å². The van der Waals surface area contributed by atoms with Crippen LogP contribution in [0.2, 0.25) is 0 Å². The number of aromatic nitrogens is 1. The second-order valence-electron chi connectivity index (χ2n) is 5.17. The quantitative estimate of drug-likeness (QED) is 0.782. The van der Waals surface area contributed by atoms with Gasteiger partial charge in [-0.15, -0.1) is 0 Å². The molecular formula is C15H18N2. The molecule has 2 heterocycles. The van der Waals surface area contributed by atoms with Crippen LogP contribution in [0.15, 0.2) is 36.4 Å². The summed E-state index contributed by atoms with van der Waals surface area (Å²) in [4.78, 5) is 7.25. The number of likely N-dealkylation sites (tertiary alicyclic amines) is 1. The summed E-state index contributed by atoms with van der Waals surface area (Å²) >= 11 is 0. The highest BCUT2D eigenvalue weighted by Gasteiger charge is 2.30. The van der Waals surface area contributed by atoms with Crippen LogP contribution in [0.1, 0.15) is 25.5 Å². The van der Waals surface area contributed by atoms with E-state index < -0.39 is 0 Å². The Morgan fingerprint density at radius 2 is 1.88 bits per heavy atom. The van der Waals surface area contributed by atoms with Crippen molar-refractivity contribution < 1.29 is 0 Å². The molecule has 0 amide bonds. The number of para-hydroxylation sites is 1. The highest BCUT2D eigenvalue weighted by atomic mass is 15.2. The van der Waals surface area contributed by atoms with Crippen molar-refractivity contribution in [3.8, 4) is 0 Å². The van der Waals surface area contributed by atoms with Crippen molar-refractivity contribution in [3.63, 3.8) is 0 Å². The van der Waals surface area contributed by atoms with Gasteiger partial charge >= 0.3 is 0 Å². The van der Waals surface area contributed by atoms with Gasteiger partial charge < -0.3 is 0 Å². The van der Waals surface area contributed by atoms with E-state index in [1.54, 1.807) is 0 Å². The lowest BCUT2D eigenvalue weighted by Crippen LogP contribution is -2.48. The average molecular weight is 226 g/mol. The summed E-state index contributed by atoms with van der Waals surface area (Å²) in [6.45, 7) is 6.82. The lowest BCUT2D eigenvalue weighted by Gasteiger charge is -2.41. The van der Waals surface area contributed by atoms with Crippen molar-refractivity contribution in [2.45, 2.75) is 25.8 Å². The molecule has 0 N–H and O–H groups in total. The molecule has 0 unspecified atom stereocenters. The highest BCUT2D eigenvalue weighted by Crippen LogP contribution is 2.28. The summed E-state index contributed by atoms with van der Waals surface area (Å²) in [5.74, 6) is 0.627. The van der Waals surface area contributed by atoms with Gasteiger partial charge in [0.2, 0.25) is 0 Å². The maximum atomic E-state index is 4.76. The predicted octanol–water partition coefficient (Wildman–Crippen LogP) is 3.04. The first-order valence-corrected chi connectivity index (χ1v) is 6.34. The van der Waals surface area contributed by atoms with Crippen molar-refractivity contribution in [1.82, 2.24) is 9.88 Å². The molecular weight excluding hydrogens is 208 g/mol. The molecule has 1 aromatic heterocycles. The van der Waals surface area contributed by atoms with E-state index in [1.165, 1.54) is 11.1 Å². The van der Waals surface area contributed by atoms with E-state index in [9.17, 15) is 0 Å². The van der Waals surface area contributed by atoms with Gasteiger partial charge in [0.05, 0.1) is 5.52 Å². The first-order valence-electron chi connectivity index (χ1n) is 6.34. The molecule has 1 saturated heterocycles. The molecule has 88 valence electrons. The molecule has 0 bridgehead atoms. The number of hydrogen-bond acceptors (Lipinski definition) is 2. The first-order chi connectivity index (χ1) is 8.24. The third kappa shape index (κ3) is 1.93. The molecule has 0 atom stereocenters. The molecule has 0 aliphatic carbocycles. The molecule has 1 aromatic carbocycles. The van der Waals surface area contributed by atoms with Crippen LogP contribution >= 0.6 is 0 Å². The number of rotatable bonds is 2. The largest absolute Gasteiger partial charge is 0.300 e. The molecule has 0 saturated carbocycles. The fourth-order valence-electron chi connectivity index (χ4n) is 2.43. The van der Waals surface area contributed by atoms with Crippen LogP contribution in [-0.4, -0.2) is 29.0 Å². The van der Waals surface area contributed by atoms with E-state index in [-0.39, 0.29) is 0 Å². The second-order valence-corrected chi connectivity index (χ2v) is 5.17. The maximum absolute atomic E-state index is 4.76. The van der Waals surface area contributed by atoms with Crippen LogP contribution < -0.4 is 0 Å². The third-order valence-electron chi connectivity index (χ3n) is 3.68. The van der Waals surface area contributed by atoms with Gasteiger partial charge in [-0.2, -0.15) is 0 Å². The van der Waals surface area contributed by atoms with Gasteiger partial charge in [0.15, 0.2) is 0 Å². The lowest BCUT2D eigenvalue weighted by molar-refractivity contribution is 0.108. The molecule has 17 heavy (non-hydrogen) atoms. The second kappa shape index (κ2) is 4.11. The minimum absolute atomic E-state index is 0.627. The Balaban J connectivity index is 1.83. The molecule has 1 fully saturated rings. The highest BCUT2D eigenvalue weighted by molar-refractivity contribution is 5.78. The number of pyridine rings is 1. The molecule has 0 spiro atoms. The zero-order valence-corrected chi connectivity index (χ0v) is 10.4. The van der Waals surface area contributed by atoms with E-state index in [0.29, 0.717) is 12.0 Å². The van der Waals surface area contributed by atoms with E-state index >= 15 is 0 Å². The van der Waals surface area contributed by atoms with Crippen LogP contribution in [-0.2, 0) is 0 Å². The Labute approximate surface area is 102 Å². The molecule has 0 radical (unpaired) electrons. The van der Waals surface area contributed by atoms with Gasteiger partial charge in [0.1, 0.15) is 0 Å². The monoisotopic (exact) mass is 226 g/mol. The Morgan fingerprint density at radius 3 is 2.65 bits per heavy atom. The van der Waals surface area contributed by atoms with Crippen LogP contribution in [0.3, 0.4) is 0 Å². The molecule has 1 aliphatic heterocycles. The van der Waals surface area contributed by atoms with E-state index in [2.05, 4.69) is 55.1 Å². The van der Waals surface area contributed by atoms with Crippen molar-refractivity contribution in [1.29, 1.82) is 0 Å². The summed E-state index contributed by atoms with van der Waals surface area (Å²) in [5, 5.41) is 1.23. The van der Waals surface area contributed by atoms with Crippen LogP contribution in [0.5, 0.6) is 0 Å². The van der Waals surface area contributed by atoms with Gasteiger partial charge in [0, 0.05) is 36.1 Å². The van der Waals surface area contributed by atoms with Gasteiger partial charge in [-0.3, -0.25) is 9.88 Å². The summed E-state index contributed by atoms with van der Waals surface area (Å²) in [5.41, 5.74) is 2.37. The average Bonchev–Trinajstić information content (AvgIpc) is 2.26. The predicted molar refractivity (Wildman–Crippen MR) is 71.2 cm³/mol. The van der Waals surface area contributed by atoms with Crippen LogP contribution in [0.4, 0.5) is 0 Å². The van der Waals surface area contributed by atoms with E-state index in [0.717, 1.165) is 18.6 Å². The van der Waals surface area contributed by atoms with Gasteiger partial charge in [-0.25, -0.2) is 0 Å². The minimum Gasteiger partial charge on any atom is -0.300 e. The fraction of sp³-hybridized carbons (Fsp3) is 0.400. The lowest BCUT2D eigenvalue weighted by atomic mass is 9.94. The molecule has 3 rings (SSSR count). The van der Waals surface area contributed by atoms with Gasteiger partial charge in [0.25, 0.3) is 0 Å². The summed E-state index contributed by atoms with van der Waals surface area (Å²) in [6.07, 6.45) is 0. The van der Waals surface area contributed by atoms with Crippen molar-refractivity contribution in [2.24, 2.45) is 0 Å². The standard InChI is InChI=1S/C15H18N2/c1-11(2)17-9-13(10-17)15-8-7-12-5-3-4-6-14(12)16-15/h3-8,11,13H,9-10H2,1-2H3. The summed E-state index contributed by atoms with van der Waals surface area (Å²) in [7, 11) is 0. The SMILES string of the molecule is CC(C)N1CC(c2ccc3ccccc3n2)C1. The molecule has 2 aromatic rings. The zero-order chi connectivity index (χ0) is 11.8. The van der Waals surface area contributed by atoms with Crippen LogP contribution in [0, 0.1) is 0 Å². The zero-order valence-electron chi connectivity index (χ0n) is 10.4. The number of fused-ring (bicyclic) bond motifs is 1. The van der Waals surface area contributed by atoms with Crippen molar-refractivity contribution in [3.05, 3.63) is 42.1 Å². The first kappa shape index (κ1) is 10.7. The minimum atomic E-state index is 0.627. The normalized spacial score (nSPS) is 17.6.